The van der Waals surface area contributed by atoms with Gasteiger partial charge in [-0.15, -0.1) is 6.58 Å². The van der Waals surface area contributed by atoms with Gasteiger partial charge in [0.05, 0.1) is 0 Å². The highest BCUT2D eigenvalue weighted by Gasteiger charge is 2.24. The van der Waals surface area contributed by atoms with E-state index in [2.05, 4.69) is 6.58 Å². The molecule has 0 saturated heterocycles. The second kappa shape index (κ2) is 2.86. The maximum atomic E-state index is 5.31. The normalized spacial score (nSPS) is 14.0. The predicted octanol–water partition coefficient (Wildman–Crippen LogP) is 2.96. The van der Waals surface area contributed by atoms with Crippen molar-refractivity contribution < 1.29 is 4.74 Å². The van der Waals surface area contributed by atoms with E-state index in [0.29, 0.717) is 0 Å². The van der Waals surface area contributed by atoms with Gasteiger partial charge in [0.2, 0.25) is 0 Å². The molecule has 1 aliphatic heterocycles. The molecule has 2 rings (SSSR count). The van der Waals surface area contributed by atoms with Crippen molar-refractivity contribution in [3.8, 4) is 0 Å². The third-order valence-corrected chi connectivity index (χ3v) is 1.80. The van der Waals surface area contributed by atoms with E-state index in [0.717, 1.165) is 23.5 Å². The van der Waals surface area contributed by atoms with Gasteiger partial charge in [-0.2, -0.15) is 0 Å². The van der Waals surface area contributed by atoms with Gasteiger partial charge < -0.3 is 4.74 Å². The van der Waals surface area contributed by atoms with Gasteiger partial charge in [-0.3, -0.25) is 0 Å². The number of ether oxygens (including phenoxy) is 1. The van der Waals surface area contributed by atoms with Gasteiger partial charge >= 0.3 is 0 Å². The molecule has 1 heteroatoms. The first-order valence-corrected chi connectivity index (χ1v) is 3.99. The lowest BCUT2D eigenvalue weighted by Gasteiger charge is -1.86. The molecule has 0 fully saturated rings. The minimum absolute atomic E-state index is 0.838. The van der Waals surface area contributed by atoms with E-state index in [1.165, 1.54) is 0 Å². The van der Waals surface area contributed by atoms with E-state index in [4.69, 9.17) is 4.74 Å². The topological polar surface area (TPSA) is 12.5 Å². The summed E-state index contributed by atoms with van der Waals surface area (Å²) in [5.41, 5.74) is 1.16. The molecule has 0 radical (unpaired) electrons. The molecule has 0 amide bonds. The number of rotatable bonds is 3. The summed E-state index contributed by atoms with van der Waals surface area (Å²) in [5, 5.41) is 0. The number of allylic oxidation sites excluding steroid dienone is 1. The molecule has 0 N–H and O–H groups in total. The molecule has 1 aliphatic rings. The molecule has 1 nitrogen and oxygen atoms in total. The lowest BCUT2D eigenvalue weighted by atomic mass is 10.2. The zero-order valence-corrected chi connectivity index (χ0v) is 6.79. The largest absolute Gasteiger partial charge is 0.453 e. The van der Waals surface area contributed by atoms with Crippen molar-refractivity contribution in [3.63, 3.8) is 0 Å². The SMILES string of the molecule is C=CCC1=C(c2ccccc2)O1. The molecule has 0 aromatic heterocycles. The van der Waals surface area contributed by atoms with Gasteiger partial charge in [0, 0.05) is 12.0 Å². The van der Waals surface area contributed by atoms with Crippen molar-refractivity contribution in [2.24, 2.45) is 0 Å². The average molecular weight is 158 g/mol. The van der Waals surface area contributed by atoms with E-state index >= 15 is 0 Å². The summed E-state index contributed by atoms with van der Waals surface area (Å²) in [6.07, 6.45) is 2.69. The summed E-state index contributed by atoms with van der Waals surface area (Å²) < 4.78 is 5.31. The minimum atomic E-state index is 0.838. The Bertz CT molecular complexity index is 322. The van der Waals surface area contributed by atoms with Gasteiger partial charge in [-0.1, -0.05) is 36.4 Å². The number of hydrogen-bond acceptors (Lipinski definition) is 1. The molecule has 0 saturated carbocycles. The number of benzene rings is 1. The molecular formula is C11H10O. The number of hydrogen-bond donors (Lipinski definition) is 0. The van der Waals surface area contributed by atoms with E-state index in [1.54, 1.807) is 0 Å². The van der Waals surface area contributed by atoms with Crippen LogP contribution in [0, 0.1) is 0 Å². The van der Waals surface area contributed by atoms with Gasteiger partial charge in [0.25, 0.3) is 0 Å². The third-order valence-electron chi connectivity index (χ3n) is 1.80. The molecular weight excluding hydrogens is 148 g/mol. The second-order valence-electron chi connectivity index (χ2n) is 2.71. The van der Waals surface area contributed by atoms with E-state index in [-0.39, 0.29) is 0 Å². The average Bonchev–Trinajstić information content (AvgIpc) is 2.87. The maximum absolute atomic E-state index is 5.31. The van der Waals surface area contributed by atoms with Crippen LogP contribution in [0.3, 0.4) is 0 Å². The molecule has 0 bridgehead atoms. The Balaban J connectivity index is 2.19. The summed E-state index contributed by atoms with van der Waals surface area (Å²) >= 11 is 0. The highest BCUT2D eigenvalue weighted by atomic mass is 16.6. The van der Waals surface area contributed by atoms with Crippen LogP contribution in [0.1, 0.15) is 12.0 Å². The summed E-state index contributed by atoms with van der Waals surface area (Å²) in [5.74, 6) is 2.08. The molecule has 0 unspecified atom stereocenters. The van der Waals surface area contributed by atoms with Crippen molar-refractivity contribution in [3.05, 3.63) is 54.3 Å². The van der Waals surface area contributed by atoms with Gasteiger partial charge in [-0.25, -0.2) is 0 Å². The standard InChI is InChI=1S/C11H10O/c1-2-6-10-11(12-10)9-7-4-3-5-8-9/h2-5,7-8H,1,6H2. The Morgan fingerprint density at radius 3 is 2.67 bits per heavy atom. The van der Waals surface area contributed by atoms with E-state index < -0.39 is 0 Å². The Kier molecular flexibility index (Phi) is 1.71. The second-order valence-corrected chi connectivity index (χ2v) is 2.71. The molecule has 60 valence electrons. The van der Waals surface area contributed by atoms with Crippen LogP contribution in [0.4, 0.5) is 0 Å². The van der Waals surface area contributed by atoms with Crippen LogP contribution in [0.15, 0.2) is 48.7 Å². The summed E-state index contributed by atoms with van der Waals surface area (Å²) in [7, 11) is 0. The zero-order valence-electron chi connectivity index (χ0n) is 6.79. The van der Waals surface area contributed by atoms with Crippen LogP contribution in [-0.4, -0.2) is 0 Å². The van der Waals surface area contributed by atoms with E-state index in [1.807, 2.05) is 36.4 Å². The molecule has 1 heterocycles. The highest BCUT2D eigenvalue weighted by Crippen LogP contribution is 2.37. The first-order valence-electron chi connectivity index (χ1n) is 3.99. The van der Waals surface area contributed by atoms with Crippen molar-refractivity contribution in [2.45, 2.75) is 6.42 Å². The summed E-state index contributed by atoms with van der Waals surface area (Å²) in [6.45, 7) is 3.65. The predicted molar refractivity (Wildman–Crippen MR) is 49.3 cm³/mol. The van der Waals surface area contributed by atoms with Crippen LogP contribution in [-0.2, 0) is 4.74 Å². The Labute approximate surface area is 72.0 Å². The summed E-state index contributed by atoms with van der Waals surface area (Å²) in [6, 6.07) is 10.1. The lowest BCUT2D eigenvalue weighted by molar-refractivity contribution is 0.511. The highest BCUT2D eigenvalue weighted by molar-refractivity contribution is 5.71. The maximum Gasteiger partial charge on any atom is 0.172 e. The van der Waals surface area contributed by atoms with Crippen LogP contribution in [0.5, 0.6) is 0 Å². The quantitative estimate of drug-likeness (QED) is 0.616. The van der Waals surface area contributed by atoms with Crippen molar-refractivity contribution in [2.75, 3.05) is 0 Å². The van der Waals surface area contributed by atoms with E-state index in [9.17, 15) is 0 Å². The van der Waals surface area contributed by atoms with Crippen molar-refractivity contribution in [1.82, 2.24) is 0 Å². The first-order chi connectivity index (χ1) is 5.92. The van der Waals surface area contributed by atoms with Crippen LogP contribution >= 0.6 is 0 Å². The van der Waals surface area contributed by atoms with Crippen molar-refractivity contribution in [1.29, 1.82) is 0 Å². The molecule has 12 heavy (non-hydrogen) atoms. The first kappa shape index (κ1) is 7.17. The Hall–Kier alpha value is -1.50. The third kappa shape index (κ3) is 1.26. The molecule has 1 aromatic rings. The van der Waals surface area contributed by atoms with Crippen LogP contribution < -0.4 is 0 Å². The lowest BCUT2D eigenvalue weighted by Crippen LogP contribution is -1.69. The Morgan fingerprint density at radius 1 is 1.25 bits per heavy atom. The molecule has 1 aromatic carbocycles. The van der Waals surface area contributed by atoms with Crippen molar-refractivity contribution >= 4 is 5.76 Å². The fraction of sp³-hybridized carbons (Fsp3) is 0.0909. The molecule has 0 aliphatic carbocycles. The molecule has 0 atom stereocenters. The Morgan fingerprint density at radius 2 is 2.00 bits per heavy atom. The smallest absolute Gasteiger partial charge is 0.172 e. The molecule has 0 spiro atoms. The van der Waals surface area contributed by atoms with Gasteiger partial charge in [-0.05, 0) is 0 Å². The van der Waals surface area contributed by atoms with Crippen LogP contribution in [0.2, 0.25) is 0 Å². The monoisotopic (exact) mass is 158 g/mol. The fourth-order valence-corrected chi connectivity index (χ4v) is 1.17. The summed E-state index contributed by atoms with van der Waals surface area (Å²) in [4.78, 5) is 0. The van der Waals surface area contributed by atoms with Gasteiger partial charge in [0.1, 0.15) is 0 Å². The van der Waals surface area contributed by atoms with Gasteiger partial charge in [0.15, 0.2) is 11.5 Å². The minimum Gasteiger partial charge on any atom is -0.453 e. The van der Waals surface area contributed by atoms with Crippen LogP contribution in [0.25, 0.3) is 5.76 Å². The zero-order chi connectivity index (χ0) is 8.39. The fourth-order valence-electron chi connectivity index (χ4n) is 1.17.